The van der Waals surface area contributed by atoms with Crippen LogP contribution in [0.25, 0.3) is 0 Å². The molecule has 2 aliphatic carbocycles. The van der Waals surface area contributed by atoms with Crippen molar-refractivity contribution in [1.82, 2.24) is 9.88 Å². The summed E-state index contributed by atoms with van der Waals surface area (Å²) in [6.45, 7) is 19.2. The molecule has 1 amide bonds. The SMILES string of the molecule is C=C/C=C(\C)CC.CC.CC1CC2CCCC2(C(=O)N2CCc3ncc(C(F)(F)F)cc3C2)C1.CCCC. The van der Waals surface area contributed by atoms with Gasteiger partial charge in [0.15, 0.2) is 0 Å². The molecule has 1 aliphatic heterocycles. The maximum Gasteiger partial charge on any atom is 0.417 e. The van der Waals surface area contributed by atoms with Gasteiger partial charge < -0.3 is 4.90 Å². The van der Waals surface area contributed by atoms with Crippen molar-refractivity contribution in [3.63, 3.8) is 0 Å². The van der Waals surface area contributed by atoms with Gasteiger partial charge in [0.2, 0.25) is 5.91 Å². The summed E-state index contributed by atoms with van der Waals surface area (Å²) in [5, 5.41) is 0. The van der Waals surface area contributed by atoms with Gasteiger partial charge in [-0.3, -0.25) is 9.78 Å². The number of hydrogen-bond acceptors (Lipinski definition) is 2. The highest BCUT2D eigenvalue weighted by Crippen LogP contribution is 2.57. The fraction of sp³-hybridized carbons (Fsp3) is 0.688. The zero-order chi connectivity index (χ0) is 28.9. The van der Waals surface area contributed by atoms with E-state index >= 15 is 0 Å². The molecule has 0 N–H and O–H groups in total. The van der Waals surface area contributed by atoms with E-state index in [9.17, 15) is 18.0 Å². The number of pyridine rings is 1. The molecule has 0 aromatic carbocycles. The van der Waals surface area contributed by atoms with Gasteiger partial charge in [-0.25, -0.2) is 0 Å². The Morgan fingerprint density at radius 3 is 2.42 bits per heavy atom. The second kappa shape index (κ2) is 16.1. The minimum atomic E-state index is -4.40. The number of unbranched alkanes of at least 4 members (excludes halogenated alkanes) is 1. The van der Waals surface area contributed by atoms with E-state index in [-0.39, 0.29) is 17.9 Å². The van der Waals surface area contributed by atoms with Crippen LogP contribution in [0.5, 0.6) is 0 Å². The van der Waals surface area contributed by atoms with Gasteiger partial charge >= 0.3 is 6.18 Å². The average molecular weight is 537 g/mol. The number of alkyl halides is 3. The number of fused-ring (bicyclic) bond motifs is 2. The minimum absolute atomic E-state index is 0.169. The second-order valence-electron chi connectivity index (χ2n) is 10.7. The Bertz CT molecular complexity index is 906. The molecule has 4 rings (SSSR count). The summed E-state index contributed by atoms with van der Waals surface area (Å²) in [7, 11) is 0. The Kier molecular flexibility index (Phi) is 14.4. The molecule has 0 radical (unpaired) electrons. The van der Waals surface area contributed by atoms with Crippen LogP contribution in [-0.2, 0) is 23.9 Å². The lowest BCUT2D eigenvalue weighted by Gasteiger charge is -2.37. The van der Waals surface area contributed by atoms with Crippen LogP contribution in [0, 0.1) is 17.3 Å². The summed E-state index contributed by atoms with van der Waals surface area (Å²) in [5.74, 6) is 1.18. The zero-order valence-corrected chi connectivity index (χ0v) is 24.9. The van der Waals surface area contributed by atoms with E-state index in [1.165, 1.54) is 24.5 Å². The van der Waals surface area contributed by atoms with Gasteiger partial charge in [-0.05, 0) is 62.5 Å². The number of nitrogens with zero attached hydrogens (tertiary/aromatic N) is 2. The molecule has 2 heterocycles. The molecule has 0 bridgehead atoms. The smallest absolute Gasteiger partial charge is 0.337 e. The third kappa shape index (κ3) is 8.98. The summed E-state index contributed by atoms with van der Waals surface area (Å²) in [4.78, 5) is 19.1. The van der Waals surface area contributed by atoms with E-state index in [1.54, 1.807) is 4.90 Å². The minimum Gasteiger partial charge on any atom is -0.337 e. The number of halogens is 3. The molecular weight excluding hydrogens is 485 g/mol. The van der Waals surface area contributed by atoms with Crippen LogP contribution < -0.4 is 0 Å². The van der Waals surface area contributed by atoms with Crippen molar-refractivity contribution in [1.29, 1.82) is 0 Å². The molecule has 38 heavy (non-hydrogen) atoms. The highest BCUT2D eigenvalue weighted by Gasteiger charge is 2.55. The molecule has 6 heteroatoms. The Morgan fingerprint density at radius 1 is 1.24 bits per heavy atom. The van der Waals surface area contributed by atoms with Gasteiger partial charge in [0.25, 0.3) is 0 Å². The molecule has 0 spiro atoms. The number of rotatable bonds is 4. The van der Waals surface area contributed by atoms with E-state index in [2.05, 4.69) is 46.2 Å². The fourth-order valence-corrected chi connectivity index (χ4v) is 5.70. The number of carbonyl (C=O) groups excluding carboxylic acids is 1. The van der Waals surface area contributed by atoms with Crippen molar-refractivity contribution in [2.45, 2.75) is 119 Å². The van der Waals surface area contributed by atoms with Gasteiger partial charge in [0, 0.05) is 31.4 Å². The molecular formula is C32H51F3N2O. The number of aromatic nitrogens is 1. The van der Waals surface area contributed by atoms with E-state index < -0.39 is 11.7 Å². The largest absolute Gasteiger partial charge is 0.417 e. The van der Waals surface area contributed by atoms with Gasteiger partial charge in [0.05, 0.1) is 11.0 Å². The van der Waals surface area contributed by atoms with Crippen LogP contribution >= 0.6 is 0 Å². The molecule has 0 saturated heterocycles. The first-order valence-corrected chi connectivity index (χ1v) is 14.6. The molecule has 3 unspecified atom stereocenters. The fourth-order valence-electron chi connectivity index (χ4n) is 5.70. The highest BCUT2D eigenvalue weighted by molar-refractivity contribution is 5.84. The molecule has 2 saturated carbocycles. The molecule has 3 aliphatic rings. The van der Waals surface area contributed by atoms with E-state index in [0.29, 0.717) is 36.1 Å². The van der Waals surface area contributed by atoms with Gasteiger partial charge in [-0.15, -0.1) is 0 Å². The van der Waals surface area contributed by atoms with Crippen LogP contribution in [0.3, 0.4) is 0 Å². The lowest BCUT2D eigenvalue weighted by molar-refractivity contribution is -0.144. The van der Waals surface area contributed by atoms with Crippen molar-refractivity contribution >= 4 is 5.91 Å². The van der Waals surface area contributed by atoms with Crippen LogP contribution in [0.1, 0.15) is 117 Å². The summed E-state index contributed by atoms with van der Waals surface area (Å²) in [6.07, 6.45) is 9.83. The lowest BCUT2D eigenvalue weighted by atomic mass is 9.78. The van der Waals surface area contributed by atoms with E-state index in [4.69, 9.17) is 0 Å². The van der Waals surface area contributed by atoms with E-state index in [1.807, 2.05) is 26.0 Å². The Morgan fingerprint density at radius 2 is 1.89 bits per heavy atom. The van der Waals surface area contributed by atoms with Crippen molar-refractivity contribution in [3.05, 3.63) is 53.4 Å². The number of allylic oxidation sites excluding steroid dienone is 3. The molecule has 3 atom stereocenters. The van der Waals surface area contributed by atoms with E-state index in [0.717, 1.165) is 44.7 Å². The third-order valence-electron chi connectivity index (χ3n) is 7.90. The second-order valence-corrected chi connectivity index (χ2v) is 10.7. The standard InChI is InChI=1S/C19H23F3N2O.C7H12.C4H10.C2H6/c1-12-7-14-3-2-5-18(14,9-12)17(25)24-6-4-16-13(11-24)8-15(10-23-16)19(20,21)22;1-4-6-7(3)5-2;1-3-4-2;1-2/h8,10,12,14H,2-7,9,11H2,1H3;4,6H,1,5H2,2-3H3;3-4H2,1-2H3;1-2H3/b;7-6+;;. The predicted octanol–water partition coefficient (Wildman–Crippen LogP) is 9.56. The third-order valence-corrected chi connectivity index (χ3v) is 7.90. The van der Waals surface area contributed by atoms with Crippen molar-refractivity contribution < 1.29 is 18.0 Å². The molecule has 2 fully saturated rings. The van der Waals surface area contributed by atoms with Crippen LogP contribution in [0.4, 0.5) is 13.2 Å². The van der Waals surface area contributed by atoms with Gasteiger partial charge in [-0.1, -0.05) is 85.1 Å². The van der Waals surface area contributed by atoms with Crippen molar-refractivity contribution in [2.75, 3.05) is 6.54 Å². The summed E-state index contributed by atoms with van der Waals surface area (Å²) in [5.41, 5.74) is 1.64. The first kappa shape index (κ1) is 33.9. The molecule has 1 aromatic heterocycles. The van der Waals surface area contributed by atoms with Crippen molar-refractivity contribution in [3.8, 4) is 0 Å². The first-order chi connectivity index (χ1) is 18.0. The highest BCUT2D eigenvalue weighted by atomic mass is 19.4. The summed E-state index contributed by atoms with van der Waals surface area (Å²) < 4.78 is 38.9. The molecule has 216 valence electrons. The van der Waals surface area contributed by atoms with Crippen LogP contribution in [0.15, 0.2) is 36.6 Å². The lowest BCUT2D eigenvalue weighted by Crippen LogP contribution is -2.46. The summed E-state index contributed by atoms with van der Waals surface area (Å²) >= 11 is 0. The predicted molar refractivity (Wildman–Crippen MR) is 153 cm³/mol. The molecule has 1 aromatic rings. The number of hydrogen-bond donors (Lipinski definition) is 0. The first-order valence-electron chi connectivity index (χ1n) is 14.6. The monoisotopic (exact) mass is 536 g/mol. The van der Waals surface area contributed by atoms with Crippen LogP contribution in [-0.4, -0.2) is 22.3 Å². The zero-order valence-electron chi connectivity index (χ0n) is 24.9. The van der Waals surface area contributed by atoms with Crippen LogP contribution in [0.2, 0.25) is 0 Å². The Balaban J connectivity index is 0.000000468. The summed E-state index contributed by atoms with van der Waals surface area (Å²) in [6, 6.07) is 1.17. The molecule has 3 nitrogen and oxygen atoms in total. The van der Waals surface area contributed by atoms with Gasteiger partial charge in [-0.2, -0.15) is 13.2 Å². The maximum atomic E-state index is 13.3. The topological polar surface area (TPSA) is 33.2 Å². The number of amides is 1. The Hall–Kier alpha value is -2.11. The van der Waals surface area contributed by atoms with Crippen molar-refractivity contribution in [2.24, 2.45) is 17.3 Å². The normalized spacial score (nSPS) is 23.9. The quantitative estimate of drug-likeness (QED) is 0.359. The Labute approximate surface area is 230 Å². The maximum absolute atomic E-state index is 13.3. The average Bonchev–Trinajstić information content (AvgIpc) is 3.45. The number of carbonyl (C=O) groups is 1. The van der Waals surface area contributed by atoms with Gasteiger partial charge in [0.1, 0.15) is 0 Å².